The number of aliphatic hydroxyl groups is 2. The maximum Gasteiger partial charge on any atom is 0.481 e. The van der Waals surface area contributed by atoms with Crippen molar-refractivity contribution in [3.63, 3.8) is 0 Å². The lowest BCUT2D eigenvalue weighted by Gasteiger charge is -2.30. The molecule has 0 aliphatic carbocycles. The summed E-state index contributed by atoms with van der Waals surface area (Å²) in [6, 6.07) is 0. The molecule has 1 fully saturated rings. The zero-order valence-corrected chi connectivity index (χ0v) is 37.2. The van der Waals surface area contributed by atoms with E-state index >= 15 is 0 Å². The van der Waals surface area contributed by atoms with Crippen molar-refractivity contribution in [1.82, 2.24) is 30.2 Å². The standard InChI is InChI=1S/C32H57N8O17P3S/c1-32(2,27(44)30(45)36-13-11-23(42)35-14-15-61-17-21(41)10-8-6-4-3-5-7-9-12-33)18-54-60(51,52)57-59(49,50)53-16-22-26(56-58(46,47)48)25(43)31(55-22)40-20-39-24-28(34)37-19-38-29(24)40/h19-20,22,25-27,31,43-44H,3-18,33H2,1-2H3,(H,35,42)(H,36,45)(H,49,50)(H,51,52)(H2,34,37,38)(H2,46,47,48). The van der Waals surface area contributed by atoms with Gasteiger partial charge in [0, 0.05) is 37.1 Å². The van der Waals surface area contributed by atoms with Crippen molar-refractivity contribution >= 4 is 69.8 Å². The van der Waals surface area contributed by atoms with Gasteiger partial charge in [-0.25, -0.2) is 28.6 Å². The number of nitrogens with one attached hydrogen (secondary N) is 2. The average Bonchev–Trinajstić information content (AvgIpc) is 3.73. The molecule has 7 atom stereocenters. The zero-order valence-electron chi connectivity index (χ0n) is 33.7. The monoisotopic (exact) mass is 950 g/mol. The van der Waals surface area contributed by atoms with Crippen LogP contribution in [0.1, 0.15) is 77.9 Å². The Hall–Kier alpha value is -2.48. The number of unbranched alkanes of at least 4 members (excludes halogenated alkanes) is 6. The van der Waals surface area contributed by atoms with Gasteiger partial charge in [0.2, 0.25) is 11.8 Å². The zero-order chi connectivity index (χ0) is 45.4. The number of imidazole rings is 1. The number of nitrogens with zero attached hydrogens (tertiary/aromatic N) is 4. The van der Waals surface area contributed by atoms with E-state index in [0.717, 1.165) is 62.2 Å². The van der Waals surface area contributed by atoms with Crippen LogP contribution in [0.25, 0.3) is 11.2 Å². The van der Waals surface area contributed by atoms with Gasteiger partial charge in [0.1, 0.15) is 42.0 Å². The number of carbonyl (C=O) groups is 3. The molecular formula is C32H57N8O17P3S. The van der Waals surface area contributed by atoms with E-state index in [-0.39, 0.29) is 35.7 Å². The quantitative estimate of drug-likeness (QED) is 0.0382. The number of nitrogens with two attached hydrogens (primary N) is 2. The number of Topliss-reactive ketones (excluding diaryl/α,β-unsaturated/α-hetero) is 1. The topological polar surface area (TPSA) is 390 Å². The predicted octanol–water partition coefficient (Wildman–Crippen LogP) is 0.787. The van der Waals surface area contributed by atoms with Crippen LogP contribution < -0.4 is 22.1 Å². The fraction of sp³-hybridized carbons (Fsp3) is 0.750. The molecule has 2 amide bonds. The molecular weight excluding hydrogens is 893 g/mol. The van der Waals surface area contributed by atoms with Crippen LogP contribution in [-0.4, -0.2) is 136 Å². The number of ketones is 1. The minimum atomic E-state index is -5.57. The number of amides is 2. The predicted molar refractivity (Wildman–Crippen MR) is 218 cm³/mol. The molecule has 2 aromatic heterocycles. The van der Waals surface area contributed by atoms with Crippen LogP contribution in [0, 0.1) is 5.41 Å². The molecule has 61 heavy (non-hydrogen) atoms. The fourth-order valence-corrected chi connectivity index (χ4v) is 9.40. The summed E-state index contributed by atoms with van der Waals surface area (Å²) in [5, 5.41) is 26.5. The Morgan fingerprint density at radius 2 is 1.61 bits per heavy atom. The van der Waals surface area contributed by atoms with Crippen molar-refractivity contribution in [3.05, 3.63) is 12.7 Å². The van der Waals surface area contributed by atoms with Crippen molar-refractivity contribution in [2.75, 3.05) is 50.1 Å². The number of nitrogen functional groups attached to an aromatic ring is 1. The Morgan fingerprint density at radius 1 is 0.951 bits per heavy atom. The van der Waals surface area contributed by atoms with E-state index in [1.54, 1.807) is 0 Å². The molecule has 3 rings (SSSR count). The molecule has 0 saturated carbocycles. The normalized spacial score (nSPS) is 20.9. The molecule has 0 radical (unpaired) electrons. The van der Waals surface area contributed by atoms with Gasteiger partial charge in [-0.1, -0.05) is 46.0 Å². The van der Waals surface area contributed by atoms with Crippen LogP contribution in [0.2, 0.25) is 0 Å². The number of ether oxygens (including phenoxy) is 1. The SMILES string of the molecule is CC(C)(COP(=O)(O)OP(=O)(O)OCC1OC(n2cnc3c(N)ncnc32)C(O)C1OP(=O)(O)O)C(O)C(=O)NCCC(=O)NCCSCC(=O)CCCCCCCCCN. The minimum Gasteiger partial charge on any atom is -0.386 e. The molecule has 0 aromatic carbocycles. The summed E-state index contributed by atoms with van der Waals surface area (Å²) in [5.74, 6) is -0.367. The highest BCUT2D eigenvalue weighted by atomic mass is 32.2. The van der Waals surface area contributed by atoms with Crippen molar-refractivity contribution < 1.29 is 80.5 Å². The molecule has 25 nitrogen and oxygen atoms in total. The van der Waals surface area contributed by atoms with Gasteiger partial charge in [-0.15, -0.1) is 0 Å². The average molecular weight is 951 g/mol. The number of thioether (sulfide) groups is 1. The molecule has 1 aliphatic heterocycles. The van der Waals surface area contributed by atoms with Gasteiger partial charge in [0.05, 0.1) is 25.3 Å². The molecule has 1 saturated heterocycles. The summed E-state index contributed by atoms with van der Waals surface area (Å²) < 4.78 is 62.3. The van der Waals surface area contributed by atoms with Gasteiger partial charge >= 0.3 is 23.5 Å². The number of hydrogen-bond donors (Lipinski definition) is 10. The van der Waals surface area contributed by atoms with Gasteiger partial charge in [0.15, 0.2) is 17.7 Å². The second kappa shape index (κ2) is 24.5. The fourth-order valence-electron chi connectivity index (χ4n) is 5.81. The summed E-state index contributed by atoms with van der Waals surface area (Å²) in [5.41, 5.74) is 9.77. The first-order valence-electron chi connectivity index (χ1n) is 19.2. The van der Waals surface area contributed by atoms with Gasteiger partial charge in [-0.05, 0) is 19.4 Å². The smallest absolute Gasteiger partial charge is 0.386 e. The lowest BCUT2D eigenvalue weighted by atomic mass is 9.87. The second-order valence-electron chi connectivity index (χ2n) is 14.7. The summed E-state index contributed by atoms with van der Waals surface area (Å²) >= 11 is 1.41. The van der Waals surface area contributed by atoms with Gasteiger partial charge in [-0.2, -0.15) is 16.1 Å². The van der Waals surface area contributed by atoms with E-state index in [1.807, 2.05) is 0 Å². The molecule has 3 heterocycles. The number of phosphoric ester groups is 3. The summed E-state index contributed by atoms with van der Waals surface area (Å²) in [7, 11) is -16.4. The lowest BCUT2D eigenvalue weighted by molar-refractivity contribution is -0.137. The molecule has 12 N–H and O–H groups in total. The molecule has 1 aliphatic rings. The van der Waals surface area contributed by atoms with Crippen molar-refractivity contribution in [2.24, 2.45) is 11.1 Å². The number of anilines is 1. The van der Waals surface area contributed by atoms with Gasteiger partial charge in [0.25, 0.3) is 0 Å². The Morgan fingerprint density at radius 3 is 2.28 bits per heavy atom. The van der Waals surface area contributed by atoms with E-state index in [9.17, 15) is 57.9 Å². The van der Waals surface area contributed by atoms with Crippen molar-refractivity contribution in [1.29, 1.82) is 0 Å². The molecule has 348 valence electrons. The Bertz CT molecular complexity index is 1890. The molecule has 0 bridgehead atoms. The highest BCUT2D eigenvalue weighted by Gasteiger charge is 2.50. The van der Waals surface area contributed by atoms with Crippen molar-refractivity contribution in [2.45, 2.75) is 102 Å². The van der Waals surface area contributed by atoms with Crippen LogP contribution in [0.15, 0.2) is 12.7 Å². The number of phosphoric acid groups is 3. The highest BCUT2D eigenvalue weighted by molar-refractivity contribution is 7.99. The summed E-state index contributed by atoms with van der Waals surface area (Å²) in [6.45, 7) is 1.36. The van der Waals surface area contributed by atoms with Gasteiger partial charge in [-0.3, -0.25) is 32.5 Å². The number of aromatic nitrogens is 4. The number of fused-ring (bicyclic) bond motifs is 1. The molecule has 29 heteroatoms. The van der Waals surface area contributed by atoms with Crippen LogP contribution in [0.5, 0.6) is 0 Å². The first kappa shape index (κ1) is 52.9. The first-order valence-corrected chi connectivity index (χ1v) is 24.9. The first-order chi connectivity index (χ1) is 28.6. The van der Waals surface area contributed by atoms with E-state index in [0.29, 0.717) is 31.0 Å². The maximum atomic E-state index is 12.7. The second-order valence-corrected chi connectivity index (χ2v) is 20.0. The van der Waals surface area contributed by atoms with Crippen molar-refractivity contribution in [3.8, 4) is 0 Å². The van der Waals surface area contributed by atoms with Crippen LogP contribution in [-0.2, 0) is 50.7 Å². The Balaban J connectivity index is 1.38. The molecule has 7 unspecified atom stereocenters. The Kier molecular flexibility index (Phi) is 21.3. The van der Waals surface area contributed by atoms with Crippen LogP contribution in [0.3, 0.4) is 0 Å². The third-order valence-corrected chi connectivity index (χ3v) is 13.2. The number of rotatable bonds is 30. The maximum absolute atomic E-state index is 12.7. The van der Waals surface area contributed by atoms with Gasteiger partial charge < -0.3 is 56.6 Å². The Labute approximate surface area is 355 Å². The van der Waals surface area contributed by atoms with E-state index in [2.05, 4.69) is 34.4 Å². The molecule has 2 aromatic rings. The van der Waals surface area contributed by atoms with E-state index in [4.69, 9.17) is 25.3 Å². The van der Waals surface area contributed by atoms with E-state index < -0.39 is 84.6 Å². The van der Waals surface area contributed by atoms with E-state index in [1.165, 1.54) is 25.6 Å². The molecule has 0 spiro atoms. The van der Waals surface area contributed by atoms with Crippen LogP contribution in [0.4, 0.5) is 5.82 Å². The number of hydrogen-bond acceptors (Lipinski definition) is 19. The lowest BCUT2D eigenvalue weighted by Crippen LogP contribution is -2.46. The third kappa shape index (κ3) is 18.3. The number of carbonyl (C=O) groups excluding carboxylic acids is 3. The largest absolute Gasteiger partial charge is 0.481 e. The third-order valence-electron chi connectivity index (χ3n) is 9.07. The minimum absolute atomic E-state index is 0.0322. The summed E-state index contributed by atoms with van der Waals surface area (Å²) in [4.78, 5) is 88.0. The van der Waals surface area contributed by atoms with Crippen LogP contribution >= 0.6 is 35.2 Å². The highest BCUT2D eigenvalue weighted by Crippen LogP contribution is 2.61. The summed E-state index contributed by atoms with van der Waals surface area (Å²) in [6.07, 6.45) is 1.12. The number of aliphatic hydroxyl groups excluding tert-OH is 2.